The maximum absolute atomic E-state index is 9.99. The van der Waals surface area contributed by atoms with E-state index in [0.29, 0.717) is 6.54 Å². The van der Waals surface area contributed by atoms with Gasteiger partial charge in [0.15, 0.2) is 0 Å². The molecule has 0 unspecified atom stereocenters. The highest BCUT2D eigenvalue weighted by molar-refractivity contribution is 4.97. The van der Waals surface area contributed by atoms with Gasteiger partial charge in [0.05, 0.1) is 12.1 Å². The molecule has 0 amide bonds. The molecule has 0 bridgehead atoms. The molecule has 0 aliphatic rings. The largest absolute Gasteiger partial charge is 0.389 e. The van der Waals surface area contributed by atoms with Crippen LogP contribution in [0.25, 0.3) is 0 Å². The van der Waals surface area contributed by atoms with Gasteiger partial charge >= 0.3 is 0 Å². The average molecular weight is 226 g/mol. The van der Waals surface area contributed by atoms with Crippen molar-refractivity contribution in [1.82, 2.24) is 20.1 Å². The van der Waals surface area contributed by atoms with Gasteiger partial charge in [0.2, 0.25) is 0 Å². The van der Waals surface area contributed by atoms with Crippen LogP contribution in [0.15, 0.2) is 0 Å². The van der Waals surface area contributed by atoms with Gasteiger partial charge in [-0.2, -0.15) is 0 Å². The van der Waals surface area contributed by atoms with E-state index in [-0.39, 0.29) is 5.54 Å². The highest BCUT2D eigenvalue weighted by Gasteiger charge is 2.34. The van der Waals surface area contributed by atoms with Gasteiger partial charge in [-0.15, -0.1) is 10.2 Å². The second kappa shape index (κ2) is 4.14. The van der Waals surface area contributed by atoms with E-state index >= 15 is 0 Å². The second-order valence-corrected chi connectivity index (χ2v) is 5.26. The molecule has 1 heterocycles. The van der Waals surface area contributed by atoms with Gasteiger partial charge < -0.3 is 15.0 Å². The van der Waals surface area contributed by atoms with Crippen molar-refractivity contribution in [1.29, 1.82) is 0 Å². The fourth-order valence-electron chi connectivity index (χ4n) is 1.12. The first-order valence-corrected chi connectivity index (χ1v) is 5.47. The number of hydrogen-bond donors (Lipinski definition) is 2. The zero-order chi connectivity index (χ0) is 12.6. The van der Waals surface area contributed by atoms with Crippen LogP contribution in [0, 0.1) is 6.92 Å². The van der Waals surface area contributed by atoms with Crippen LogP contribution in [0.1, 0.15) is 39.3 Å². The number of nitrogens with zero attached hydrogens (tertiary/aromatic N) is 3. The molecule has 0 saturated heterocycles. The highest BCUT2D eigenvalue weighted by Crippen LogP contribution is 2.20. The lowest BCUT2D eigenvalue weighted by Gasteiger charge is -2.38. The Morgan fingerprint density at radius 2 is 1.81 bits per heavy atom. The molecule has 0 radical (unpaired) electrons. The molecule has 0 spiro atoms. The monoisotopic (exact) mass is 226 g/mol. The first-order valence-electron chi connectivity index (χ1n) is 5.47. The summed E-state index contributed by atoms with van der Waals surface area (Å²) in [5, 5.41) is 21.3. The lowest BCUT2D eigenvalue weighted by molar-refractivity contribution is -0.00571. The van der Waals surface area contributed by atoms with E-state index in [9.17, 15) is 5.11 Å². The van der Waals surface area contributed by atoms with Crippen LogP contribution in [0.2, 0.25) is 0 Å². The Kier molecular flexibility index (Phi) is 3.40. The fourth-order valence-corrected chi connectivity index (χ4v) is 1.12. The topological polar surface area (TPSA) is 63.0 Å². The molecule has 1 rings (SSSR count). The molecule has 5 nitrogen and oxygen atoms in total. The minimum absolute atomic E-state index is 0.382. The Morgan fingerprint density at radius 3 is 2.19 bits per heavy atom. The molecule has 5 heteroatoms. The van der Waals surface area contributed by atoms with Crippen LogP contribution in [0.5, 0.6) is 0 Å². The smallest absolute Gasteiger partial charge is 0.146 e. The zero-order valence-corrected chi connectivity index (χ0v) is 11.0. The van der Waals surface area contributed by atoms with Crippen molar-refractivity contribution in [3.63, 3.8) is 0 Å². The molecule has 16 heavy (non-hydrogen) atoms. The van der Waals surface area contributed by atoms with Gasteiger partial charge in [-0.25, -0.2) is 0 Å². The van der Waals surface area contributed by atoms with E-state index in [4.69, 9.17) is 0 Å². The summed E-state index contributed by atoms with van der Waals surface area (Å²) in [5.41, 5.74) is -1.17. The average Bonchev–Trinajstić information content (AvgIpc) is 2.43. The SMILES string of the molecule is Cc1nnc(CNC(C)(C)C(C)(C)O)n1C. The lowest BCUT2D eigenvalue weighted by atomic mass is 9.86. The van der Waals surface area contributed by atoms with Gasteiger partial charge in [0.1, 0.15) is 11.6 Å². The molecule has 1 aromatic rings. The molecule has 1 aromatic heterocycles. The molecule has 0 saturated carbocycles. The molecule has 92 valence electrons. The van der Waals surface area contributed by atoms with E-state index in [2.05, 4.69) is 15.5 Å². The number of aliphatic hydroxyl groups is 1. The Labute approximate surface area is 96.9 Å². The number of aromatic nitrogens is 3. The Morgan fingerprint density at radius 1 is 1.25 bits per heavy atom. The third kappa shape index (κ3) is 2.59. The number of aryl methyl sites for hydroxylation is 1. The van der Waals surface area contributed by atoms with Gasteiger partial charge in [0, 0.05) is 12.6 Å². The van der Waals surface area contributed by atoms with Crippen LogP contribution in [0.3, 0.4) is 0 Å². The number of nitrogens with one attached hydrogen (secondary N) is 1. The molecule has 0 aliphatic carbocycles. The summed E-state index contributed by atoms with van der Waals surface area (Å²) >= 11 is 0. The molecule has 2 N–H and O–H groups in total. The highest BCUT2D eigenvalue weighted by atomic mass is 16.3. The summed E-state index contributed by atoms with van der Waals surface area (Å²) in [7, 11) is 1.93. The lowest BCUT2D eigenvalue weighted by Crippen LogP contribution is -2.55. The predicted molar refractivity (Wildman–Crippen MR) is 63.0 cm³/mol. The molecular weight excluding hydrogens is 204 g/mol. The molecule has 0 fully saturated rings. The molecule has 0 aliphatic heterocycles. The number of hydrogen-bond acceptors (Lipinski definition) is 4. The van der Waals surface area contributed by atoms with Crippen molar-refractivity contribution >= 4 is 0 Å². The van der Waals surface area contributed by atoms with Crippen molar-refractivity contribution in [3.8, 4) is 0 Å². The minimum atomic E-state index is -0.791. The Balaban J connectivity index is 2.69. The van der Waals surface area contributed by atoms with Crippen molar-refractivity contribution in [2.24, 2.45) is 7.05 Å². The minimum Gasteiger partial charge on any atom is -0.389 e. The van der Waals surface area contributed by atoms with Crippen LogP contribution in [-0.4, -0.2) is 31.0 Å². The summed E-state index contributed by atoms with van der Waals surface area (Å²) in [5.74, 6) is 1.76. The van der Waals surface area contributed by atoms with Crippen LogP contribution in [0.4, 0.5) is 0 Å². The normalized spacial score (nSPS) is 13.2. The Hall–Kier alpha value is -0.940. The first-order chi connectivity index (χ1) is 7.15. The molecule has 0 atom stereocenters. The fraction of sp³-hybridized carbons (Fsp3) is 0.818. The maximum atomic E-state index is 9.99. The van der Waals surface area contributed by atoms with Crippen molar-refractivity contribution in [3.05, 3.63) is 11.6 Å². The summed E-state index contributed by atoms with van der Waals surface area (Å²) in [4.78, 5) is 0. The van der Waals surface area contributed by atoms with E-state index in [1.807, 2.05) is 32.4 Å². The van der Waals surface area contributed by atoms with E-state index < -0.39 is 5.60 Å². The quantitative estimate of drug-likeness (QED) is 0.795. The summed E-state index contributed by atoms with van der Waals surface area (Å²) < 4.78 is 1.94. The summed E-state index contributed by atoms with van der Waals surface area (Å²) in [6, 6.07) is 0. The van der Waals surface area contributed by atoms with Crippen molar-refractivity contribution in [2.45, 2.75) is 52.3 Å². The van der Waals surface area contributed by atoms with E-state index in [1.54, 1.807) is 13.8 Å². The molecule has 0 aromatic carbocycles. The van der Waals surface area contributed by atoms with Crippen LogP contribution < -0.4 is 5.32 Å². The van der Waals surface area contributed by atoms with Crippen molar-refractivity contribution in [2.75, 3.05) is 0 Å². The van der Waals surface area contributed by atoms with Gasteiger partial charge in [0.25, 0.3) is 0 Å². The standard InChI is InChI=1S/C11H22N4O/c1-8-13-14-9(15(8)6)7-12-10(2,3)11(4,5)16/h12,16H,7H2,1-6H3. The Bertz CT molecular complexity index is 363. The van der Waals surface area contributed by atoms with E-state index in [0.717, 1.165) is 11.6 Å². The van der Waals surface area contributed by atoms with Crippen molar-refractivity contribution < 1.29 is 5.11 Å². The number of rotatable bonds is 4. The second-order valence-electron chi connectivity index (χ2n) is 5.26. The van der Waals surface area contributed by atoms with E-state index in [1.165, 1.54) is 0 Å². The zero-order valence-electron chi connectivity index (χ0n) is 11.0. The first kappa shape index (κ1) is 13.1. The summed E-state index contributed by atoms with van der Waals surface area (Å²) in [6.45, 7) is 10.0. The van der Waals surface area contributed by atoms with Gasteiger partial charge in [-0.1, -0.05) is 0 Å². The van der Waals surface area contributed by atoms with Gasteiger partial charge in [-0.3, -0.25) is 0 Å². The molecular formula is C11H22N4O. The summed E-state index contributed by atoms with van der Waals surface area (Å²) in [6.07, 6.45) is 0. The maximum Gasteiger partial charge on any atom is 0.146 e. The predicted octanol–water partition coefficient (Wildman–Crippen LogP) is 0.763. The van der Waals surface area contributed by atoms with Gasteiger partial charge in [-0.05, 0) is 34.6 Å². The van der Waals surface area contributed by atoms with Crippen LogP contribution >= 0.6 is 0 Å². The third-order valence-corrected chi connectivity index (χ3v) is 3.40. The van der Waals surface area contributed by atoms with Crippen LogP contribution in [-0.2, 0) is 13.6 Å². The third-order valence-electron chi connectivity index (χ3n) is 3.40.